The van der Waals surface area contributed by atoms with Crippen LogP contribution < -0.4 is 4.90 Å². The molecule has 0 unspecified atom stereocenters. The minimum absolute atomic E-state index is 0.713. The molecule has 5 rings (SSSR count). The molecule has 0 saturated heterocycles. The number of rotatable bonds is 5. The Hall–Kier alpha value is -3.17. The summed E-state index contributed by atoms with van der Waals surface area (Å²) in [6, 6.07) is 25.0. The van der Waals surface area contributed by atoms with Crippen molar-refractivity contribution in [3.8, 4) is 0 Å². The zero-order valence-corrected chi connectivity index (χ0v) is 16.7. The molecular formula is C25H20ClN3. The van der Waals surface area contributed by atoms with E-state index in [4.69, 9.17) is 16.6 Å². The molecule has 142 valence electrons. The van der Waals surface area contributed by atoms with Crippen LogP contribution in [-0.2, 0) is 13.0 Å². The summed E-state index contributed by atoms with van der Waals surface area (Å²) in [5, 5.41) is 3.05. The summed E-state index contributed by atoms with van der Waals surface area (Å²) in [5.41, 5.74) is 4.78. The third-order valence-electron chi connectivity index (χ3n) is 5.32. The van der Waals surface area contributed by atoms with Crippen LogP contribution in [0, 0.1) is 0 Å². The predicted molar refractivity (Wildman–Crippen MR) is 121 cm³/mol. The lowest BCUT2D eigenvalue weighted by Gasteiger charge is -2.21. The van der Waals surface area contributed by atoms with E-state index >= 15 is 0 Å². The molecule has 0 saturated carbocycles. The highest BCUT2D eigenvalue weighted by atomic mass is 35.5. The highest BCUT2D eigenvalue weighted by Crippen LogP contribution is 2.41. The number of aliphatic imine (C=N–C) groups is 1. The number of aromatic nitrogens is 1. The first-order chi connectivity index (χ1) is 14.3. The van der Waals surface area contributed by atoms with Crippen LogP contribution in [0.25, 0.3) is 10.8 Å². The van der Waals surface area contributed by atoms with Crippen LogP contribution in [-0.4, -0.2) is 17.4 Å². The van der Waals surface area contributed by atoms with Gasteiger partial charge in [-0.05, 0) is 35.7 Å². The fourth-order valence-corrected chi connectivity index (χ4v) is 4.18. The Morgan fingerprint density at radius 2 is 1.72 bits per heavy atom. The first-order valence-electron chi connectivity index (χ1n) is 9.78. The Morgan fingerprint density at radius 3 is 2.55 bits per heavy atom. The van der Waals surface area contributed by atoms with E-state index in [-0.39, 0.29) is 0 Å². The minimum Gasteiger partial charge on any atom is -0.321 e. The smallest absolute Gasteiger partial charge is 0.136 e. The molecule has 1 aliphatic heterocycles. The summed E-state index contributed by atoms with van der Waals surface area (Å²) in [4.78, 5) is 11.6. The van der Waals surface area contributed by atoms with E-state index in [1.807, 2.05) is 24.4 Å². The van der Waals surface area contributed by atoms with Crippen LogP contribution >= 0.6 is 11.6 Å². The molecule has 0 aliphatic carbocycles. The van der Waals surface area contributed by atoms with Crippen LogP contribution in [0.2, 0.25) is 5.02 Å². The SMILES string of the molecule is Clc1ccc2c3c(cccc13)/C(=N\CCc1cccnc1)N2Cc1ccccc1. The van der Waals surface area contributed by atoms with E-state index in [9.17, 15) is 0 Å². The summed E-state index contributed by atoms with van der Waals surface area (Å²) < 4.78 is 0. The molecule has 4 heteroatoms. The molecule has 0 bridgehead atoms. The predicted octanol–water partition coefficient (Wildman–Crippen LogP) is 5.90. The average Bonchev–Trinajstić information content (AvgIpc) is 3.06. The lowest BCUT2D eigenvalue weighted by molar-refractivity contribution is 0.937. The number of halogens is 1. The minimum atomic E-state index is 0.713. The van der Waals surface area contributed by atoms with Crippen molar-refractivity contribution in [1.29, 1.82) is 0 Å². The van der Waals surface area contributed by atoms with Gasteiger partial charge in [-0.2, -0.15) is 0 Å². The van der Waals surface area contributed by atoms with Crippen LogP contribution in [0.5, 0.6) is 0 Å². The summed E-state index contributed by atoms with van der Waals surface area (Å²) in [6.07, 6.45) is 4.57. The highest BCUT2D eigenvalue weighted by Gasteiger charge is 2.28. The van der Waals surface area contributed by atoms with E-state index < -0.39 is 0 Å². The first kappa shape index (κ1) is 17.9. The molecule has 1 aromatic heterocycles. The topological polar surface area (TPSA) is 28.5 Å². The first-order valence-corrected chi connectivity index (χ1v) is 10.2. The quantitative estimate of drug-likeness (QED) is 0.419. The number of hydrogen-bond acceptors (Lipinski definition) is 2. The number of pyridine rings is 1. The summed E-state index contributed by atoms with van der Waals surface area (Å²) in [7, 11) is 0. The van der Waals surface area contributed by atoms with Crippen molar-refractivity contribution >= 4 is 33.9 Å². The van der Waals surface area contributed by atoms with Crippen molar-refractivity contribution in [1.82, 2.24) is 4.98 Å². The zero-order chi connectivity index (χ0) is 19.6. The molecule has 0 radical (unpaired) electrons. The molecule has 0 fully saturated rings. The van der Waals surface area contributed by atoms with Crippen molar-refractivity contribution in [3.05, 3.63) is 107 Å². The Morgan fingerprint density at radius 1 is 0.862 bits per heavy atom. The fourth-order valence-electron chi connectivity index (χ4n) is 3.96. The second-order valence-electron chi connectivity index (χ2n) is 7.18. The lowest BCUT2D eigenvalue weighted by Crippen LogP contribution is -2.27. The molecule has 0 amide bonds. The van der Waals surface area contributed by atoms with Gasteiger partial charge >= 0.3 is 0 Å². The van der Waals surface area contributed by atoms with E-state index in [1.165, 1.54) is 22.2 Å². The monoisotopic (exact) mass is 397 g/mol. The maximum Gasteiger partial charge on any atom is 0.136 e. The van der Waals surface area contributed by atoms with E-state index in [1.54, 1.807) is 6.20 Å². The normalized spacial score (nSPS) is 14.1. The molecule has 3 aromatic carbocycles. The van der Waals surface area contributed by atoms with Crippen molar-refractivity contribution in [2.45, 2.75) is 13.0 Å². The second-order valence-corrected chi connectivity index (χ2v) is 7.59. The maximum atomic E-state index is 6.50. The third-order valence-corrected chi connectivity index (χ3v) is 5.65. The molecule has 0 atom stereocenters. The van der Waals surface area contributed by atoms with Gasteiger partial charge in [-0.1, -0.05) is 66.2 Å². The van der Waals surface area contributed by atoms with Gasteiger partial charge in [0.05, 0.1) is 5.69 Å². The van der Waals surface area contributed by atoms with Gasteiger partial charge in [-0.25, -0.2) is 0 Å². The maximum absolute atomic E-state index is 6.50. The molecule has 4 aromatic rings. The summed E-state index contributed by atoms with van der Waals surface area (Å²) >= 11 is 6.50. The van der Waals surface area contributed by atoms with Gasteiger partial charge < -0.3 is 4.90 Å². The Balaban J connectivity index is 1.55. The number of benzene rings is 3. The van der Waals surface area contributed by atoms with Gasteiger partial charge in [0.15, 0.2) is 0 Å². The van der Waals surface area contributed by atoms with E-state index in [2.05, 4.69) is 64.5 Å². The highest BCUT2D eigenvalue weighted by molar-refractivity contribution is 6.38. The zero-order valence-electron chi connectivity index (χ0n) is 15.9. The summed E-state index contributed by atoms with van der Waals surface area (Å²) in [5.74, 6) is 1.01. The largest absolute Gasteiger partial charge is 0.321 e. The molecular weight excluding hydrogens is 378 g/mol. The second kappa shape index (κ2) is 7.69. The van der Waals surface area contributed by atoms with Crippen molar-refractivity contribution in [2.24, 2.45) is 4.99 Å². The molecule has 1 aliphatic rings. The number of hydrogen-bond donors (Lipinski definition) is 0. The van der Waals surface area contributed by atoms with Gasteiger partial charge in [-0.3, -0.25) is 9.98 Å². The molecule has 3 nitrogen and oxygen atoms in total. The summed E-state index contributed by atoms with van der Waals surface area (Å²) in [6.45, 7) is 1.49. The van der Waals surface area contributed by atoms with E-state index in [0.29, 0.717) is 6.54 Å². The van der Waals surface area contributed by atoms with Crippen LogP contribution in [0.1, 0.15) is 16.7 Å². The van der Waals surface area contributed by atoms with E-state index in [0.717, 1.165) is 34.8 Å². The van der Waals surface area contributed by atoms with Gasteiger partial charge in [0.25, 0.3) is 0 Å². The standard InChI is InChI=1S/C25H20ClN3/c26-22-11-12-23-24-20(22)9-4-10-21(24)25(28-15-13-18-8-5-14-27-16-18)29(23)17-19-6-2-1-3-7-19/h1-12,14,16H,13,15,17H2/b28-25+. The fraction of sp³-hybridized carbons (Fsp3) is 0.120. The van der Waals surface area contributed by atoms with Gasteiger partial charge in [-0.15, -0.1) is 0 Å². The van der Waals surface area contributed by atoms with Gasteiger partial charge in [0, 0.05) is 46.8 Å². The Bertz CT molecular complexity index is 1190. The molecule has 29 heavy (non-hydrogen) atoms. The van der Waals surface area contributed by atoms with Crippen LogP contribution in [0.4, 0.5) is 5.69 Å². The number of amidine groups is 1. The molecule has 2 heterocycles. The Labute approximate surface area is 175 Å². The Kier molecular flexibility index (Phi) is 4.74. The number of nitrogens with zero attached hydrogens (tertiary/aromatic N) is 3. The van der Waals surface area contributed by atoms with Crippen LogP contribution in [0.15, 0.2) is 90.2 Å². The molecule has 0 N–H and O–H groups in total. The van der Waals surface area contributed by atoms with Crippen LogP contribution in [0.3, 0.4) is 0 Å². The average molecular weight is 398 g/mol. The van der Waals surface area contributed by atoms with Gasteiger partial charge in [0.1, 0.15) is 5.84 Å². The third kappa shape index (κ3) is 3.39. The lowest BCUT2D eigenvalue weighted by atomic mass is 10.1. The molecule has 0 spiro atoms. The van der Waals surface area contributed by atoms with Crippen molar-refractivity contribution < 1.29 is 0 Å². The van der Waals surface area contributed by atoms with Crippen molar-refractivity contribution in [3.63, 3.8) is 0 Å². The number of anilines is 1. The van der Waals surface area contributed by atoms with Crippen molar-refractivity contribution in [2.75, 3.05) is 11.4 Å². The van der Waals surface area contributed by atoms with Gasteiger partial charge in [0.2, 0.25) is 0 Å².